The van der Waals surface area contributed by atoms with Gasteiger partial charge in [0.1, 0.15) is 9.84 Å². The van der Waals surface area contributed by atoms with Gasteiger partial charge in [-0.1, -0.05) is 0 Å². The van der Waals surface area contributed by atoms with Gasteiger partial charge in [0.05, 0.1) is 17.9 Å². The first-order chi connectivity index (χ1) is 9.33. The van der Waals surface area contributed by atoms with Crippen LogP contribution in [0.4, 0.5) is 0 Å². The molecule has 8 heteroatoms. The van der Waals surface area contributed by atoms with Crippen LogP contribution in [0.15, 0.2) is 0 Å². The second kappa shape index (κ2) is 7.57. The lowest BCUT2D eigenvalue weighted by Gasteiger charge is -2.35. The highest BCUT2D eigenvalue weighted by molar-refractivity contribution is 7.90. The number of nitrogens with two attached hydrogens (primary N) is 1. The lowest BCUT2D eigenvalue weighted by Crippen LogP contribution is -2.53. The summed E-state index contributed by atoms with van der Waals surface area (Å²) in [6.45, 7) is 3.34. The number of sulfone groups is 1. The van der Waals surface area contributed by atoms with E-state index >= 15 is 0 Å². The maximum atomic E-state index is 12.1. The third kappa shape index (κ3) is 5.86. The average molecular weight is 302 g/mol. The average Bonchev–Trinajstić information content (AvgIpc) is 2.41. The summed E-state index contributed by atoms with van der Waals surface area (Å²) >= 11 is 0. The molecule has 1 amide bonds. The largest absolute Gasteiger partial charge is 0.339 e. The Labute approximate surface area is 120 Å². The molecule has 1 heterocycles. The Balaban J connectivity index is 2.37. The Morgan fingerprint density at radius 1 is 1.35 bits per heavy atom. The van der Waals surface area contributed by atoms with Gasteiger partial charge in [-0.05, 0) is 6.42 Å². The topological polar surface area (TPSA) is 107 Å². The van der Waals surface area contributed by atoms with Crippen molar-refractivity contribution < 1.29 is 13.2 Å². The summed E-state index contributed by atoms with van der Waals surface area (Å²) in [4.78, 5) is 15.9. The van der Waals surface area contributed by atoms with Crippen LogP contribution in [0.3, 0.4) is 0 Å². The summed E-state index contributed by atoms with van der Waals surface area (Å²) in [5, 5.41) is 8.53. The minimum atomic E-state index is -3.09. The van der Waals surface area contributed by atoms with Gasteiger partial charge >= 0.3 is 0 Å². The van der Waals surface area contributed by atoms with Crippen molar-refractivity contribution in [2.24, 2.45) is 5.73 Å². The molecule has 1 aliphatic heterocycles. The first kappa shape index (κ1) is 16.9. The third-order valence-electron chi connectivity index (χ3n) is 3.34. The van der Waals surface area contributed by atoms with Crippen LogP contribution in [-0.4, -0.2) is 74.9 Å². The SMILES string of the molecule is CS(=O)(=O)CCC(N)C(=O)N1CCN(CCC#N)CC1. The number of nitrogens with zero attached hydrogens (tertiary/aromatic N) is 3. The molecule has 1 rings (SSSR count). The molecule has 1 fully saturated rings. The minimum absolute atomic E-state index is 0.0674. The fourth-order valence-corrected chi connectivity index (χ4v) is 2.78. The van der Waals surface area contributed by atoms with Crippen molar-refractivity contribution in [2.75, 3.05) is 44.7 Å². The maximum Gasteiger partial charge on any atom is 0.239 e. The highest BCUT2D eigenvalue weighted by Crippen LogP contribution is 2.06. The highest BCUT2D eigenvalue weighted by Gasteiger charge is 2.25. The molecular weight excluding hydrogens is 280 g/mol. The second-order valence-electron chi connectivity index (χ2n) is 5.10. The molecule has 0 bridgehead atoms. The summed E-state index contributed by atoms with van der Waals surface area (Å²) < 4.78 is 22.1. The first-order valence-electron chi connectivity index (χ1n) is 6.65. The van der Waals surface area contributed by atoms with Gasteiger partial charge in [0, 0.05) is 45.4 Å². The molecular formula is C12H22N4O3S. The summed E-state index contributed by atoms with van der Waals surface area (Å²) in [5.41, 5.74) is 5.76. The van der Waals surface area contributed by atoms with E-state index in [-0.39, 0.29) is 18.1 Å². The van der Waals surface area contributed by atoms with Gasteiger partial charge in [0.15, 0.2) is 0 Å². The quantitative estimate of drug-likeness (QED) is 0.661. The molecule has 1 aliphatic rings. The number of hydrogen-bond acceptors (Lipinski definition) is 6. The van der Waals surface area contributed by atoms with Crippen molar-refractivity contribution in [3.8, 4) is 6.07 Å². The molecule has 114 valence electrons. The second-order valence-corrected chi connectivity index (χ2v) is 7.36. The van der Waals surface area contributed by atoms with Crippen molar-refractivity contribution in [3.05, 3.63) is 0 Å². The molecule has 2 N–H and O–H groups in total. The zero-order chi connectivity index (χ0) is 15.2. The number of amides is 1. The van der Waals surface area contributed by atoms with Crippen molar-refractivity contribution >= 4 is 15.7 Å². The molecule has 0 aromatic rings. The first-order valence-corrected chi connectivity index (χ1v) is 8.71. The minimum Gasteiger partial charge on any atom is -0.339 e. The Bertz CT molecular complexity index is 464. The van der Waals surface area contributed by atoms with E-state index in [1.165, 1.54) is 0 Å². The summed E-state index contributed by atoms with van der Waals surface area (Å²) in [7, 11) is -3.09. The van der Waals surface area contributed by atoms with E-state index in [1.807, 2.05) is 0 Å². The third-order valence-corrected chi connectivity index (χ3v) is 4.32. The van der Waals surface area contributed by atoms with Crippen LogP contribution in [0.2, 0.25) is 0 Å². The molecule has 0 aromatic carbocycles. The molecule has 0 radical (unpaired) electrons. The number of nitriles is 1. The molecule has 20 heavy (non-hydrogen) atoms. The normalized spacial score (nSPS) is 18.6. The predicted octanol–water partition coefficient (Wildman–Crippen LogP) is -1.19. The number of piperazine rings is 1. The predicted molar refractivity (Wildman–Crippen MR) is 75.6 cm³/mol. The van der Waals surface area contributed by atoms with Gasteiger partial charge in [0.25, 0.3) is 0 Å². The van der Waals surface area contributed by atoms with E-state index in [1.54, 1.807) is 4.90 Å². The van der Waals surface area contributed by atoms with Gasteiger partial charge in [-0.25, -0.2) is 8.42 Å². The van der Waals surface area contributed by atoms with Gasteiger partial charge in [-0.15, -0.1) is 0 Å². The van der Waals surface area contributed by atoms with Crippen LogP contribution in [-0.2, 0) is 14.6 Å². The fraction of sp³-hybridized carbons (Fsp3) is 0.833. The molecule has 0 aromatic heterocycles. The van der Waals surface area contributed by atoms with Crippen LogP contribution in [0.25, 0.3) is 0 Å². The highest BCUT2D eigenvalue weighted by atomic mass is 32.2. The standard InChI is InChI=1S/C12H22N4O3S/c1-20(18,19)10-3-11(14)12(17)16-8-6-15(7-9-16)5-2-4-13/h11H,2-3,5-10,14H2,1H3. The Hall–Kier alpha value is -1.17. The van der Waals surface area contributed by atoms with Crippen molar-refractivity contribution in [3.63, 3.8) is 0 Å². The van der Waals surface area contributed by atoms with Crippen LogP contribution < -0.4 is 5.73 Å². The molecule has 1 atom stereocenters. The fourth-order valence-electron chi connectivity index (χ4n) is 2.10. The van der Waals surface area contributed by atoms with E-state index < -0.39 is 15.9 Å². The van der Waals surface area contributed by atoms with Crippen molar-refractivity contribution in [2.45, 2.75) is 18.9 Å². The van der Waals surface area contributed by atoms with Gasteiger partial charge in [0.2, 0.25) is 5.91 Å². The Morgan fingerprint density at radius 3 is 2.45 bits per heavy atom. The van der Waals surface area contributed by atoms with Crippen LogP contribution in [0, 0.1) is 11.3 Å². The van der Waals surface area contributed by atoms with Crippen LogP contribution in [0.1, 0.15) is 12.8 Å². The molecule has 0 saturated carbocycles. The number of hydrogen-bond donors (Lipinski definition) is 1. The van der Waals surface area contributed by atoms with Crippen molar-refractivity contribution in [1.82, 2.24) is 9.80 Å². The molecule has 0 spiro atoms. The number of carbonyl (C=O) groups is 1. The smallest absolute Gasteiger partial charge is 0.239 e. The summed E-state index contributed by atoms with van der Waals surface area (Å²) in [6, 6.07) is 1.34. The van der Waals surface area contributed by atoms with Gasteiger partial charge < -0.3 is 10.6 Å². The monoisotopic (exact) mass is 302 g/mol. The lowest BCUT2D eigenvalue weighted by molar-refractivity contribution is -0.134. The van der Waals surface area contributed by atoms with E-state index in [0.29, 0.717) is 19.5 Å². The van der Waals surface area contributed by atoms with Crippen molar-refractivity contribution in [1.29, 1.82) is 5.26 Å². The van der Waals surface area contributed by atoms with E-state index in [0.717, 1.165) is 25.9 Å². The van der Waals surface area contributed by atoms with E-state index in [4.69, 9.17) is 11.0 Å². The maximum absolute atomic E-state index is 12.1. The van der Waals surface area contributed by atoms with E-state index in [9.17, 15) is 13.2 Å². The Kier molecular flexibility index (Phi) is 6.39. The Morgan fingerprint density at radius 2 is 1.95 bits per heavy atom. The molecule has 0 aliphatic carbocycles. The lowest BCUT2D eigenvalue weighted by atomic mass is 10.2. The zero-order valence-electron chi connectivity index (χ0n) is 11.8. The molecule has 1 unspecified atom stereocenters. The molecule has 1 saturated heterocycles. The van der Waals surface area contributed by atoms with Gasteiger partial charge in [-0.2, -0.15) is 5.26 Å². The summed E-state index contributed by atoms with van der Waals surface area (Å²) in [5.74, 6) is -0.254. The number of rotatable bonds is 6. The van der Waals surface area contributed by atoms with Gasteiger partial charge in [-0.3, -0.25) is 9.69 Å². The number of carbonyl (C=O) groups excluding carboxylic acids is 1. The molecule has 7 nitrogen and oxygen atoms in total. The summed E-state index contributed by atoms with van der Waals surface area (Å²) in [6.07, 6.45) is 1.78. The van der Waals surface area contributed by atoms with E-state index in [2.05, 4.69) is 11.0 Å². The van der Waals surface area contributed by atoms with Crippen LogP contribution in [0.5, 0.6) is 0 Å². The van der Waals surface area contributed by atoms with Crippen LogP contribution >= 0.6 is 0 Å². The zero-order valence-corrected chi connectivity index (χ0v) is 12.6.